The quantitative estimate of drug-likeness (QED) is 0.646. The van der Waals surface area contributed by atoms with Gasteiger partial charge in [0.1, 0.15) is 0 Å². The maximum atomic E-state index is 6.04. The van der Waals surface area contributed by atoms with Crippen molar-refractivity contribution in [3.63, 3.8) is 0 Å². The van der Waals surface area contributed by atoms with Crippen LogP contribution in [-0.2, 0) is 0 Å². The van der Waals surface area contributed by atoms with Crippen molar-refractivity contribution in [2.75, 3.05) is 0 Å². The number of aryl methyl sites for hydroxylation is 1. The number of nitrogens with one attached hydrogen (secondary N) is 1. The highest BCUT2D eigenvalue weighted by atomic mass is 35.5. The molecule has 1 aliphatic carbocycles. The van der Waals surface area contributed by atoms with Crippen molar-refractivity contribution in [2.24, 2.45) is 5.84 Å². The Balaban J connectivity index is 1.88. The van der Waals surface area contributed by atoms with E-state index in [0.717, 1.165) is 16.5 Å². The zero-order valence-electron chi connectivity index (χ0n) is 12.3. The third-order valence-corrected chi connectivity index (χ3v) is 4.79. The molecular weight excluding hydrogens is 280 g/mol. The van der Waals surface area contributed by atoms with Crippen molar-refractivity contribution in [1.82, 2.24) is 5.43 Å². The molecular formula is C18H21ClN2. The minimum atomic E-state index is -0.00212. The maximum Gasteiger partial charge on any atom is 0.0712 e. The lowest BCUT2D eigenvalue weighted by Gasteiger charge is -2.26. The minimum absolute atomic E-state index is 0.00212. The number of hydrogen-bond donors (Lipinski definition) is 2. The topological polar surface area (TPSA) is 38.0 Å². The van der Waals surface area contributed by atoms with E-state index >= 15 is 0 Å². The molecule has 0 radical (unpaired) electrons. The average Bonchev–Trinajstić information content (AvgIpc) is 2.42. The molecule has 3 rings (SSSR count). The number of hydrazine groups is 1. The molecule has 0 amide bonds. The summed E-state index contributed by atoms with van der Waals surface area (Å²) in [6.07, 6.45) is 4.02. The summed E-state index contributed by atoms with van der Waals surface area (Å²) >= 11 is 6.04. The van der Waals surface area contributed by atoms with E-state index in [9.17, 15) is 0 Å². The first-order chi connectivity index (χ1) is 10.2. The van der Waals surface area contributed by atoms with Crippen LogP contribution in [0.5, 0.6) is 0 Å². The van der Waals surface area contributed by atoms with Gasteiger partial charge in [0.15, 0.2) is 0 Å². The molecule has 0 heterocycles. The first-order valence-corrected chi connectivity index (χ1v) is 7.89. The smallest absolute Gasteiger partial charge is 0.0712 e. The highest BCUT2D eigenvalue weighted by Crippen LogP contribution is 2.37. The number of nitrogens with two attached hydrogens (primary N) is 1. The van der Waals surface area contributed by atoms with Gasteiger partial charge in [-0.2, -0.15) is 0 Å². The number of benzene rings is 2. The second kappa shape index (κ2) is 6.18. The van der Waals surface area contributed by atoms with Gasteiger partial charge in [-0.3, -0.25) is 5.84 Å². The van der Waals surface area contributed by atoms with Crippen LogP contribution in [0.15, 0.2) is 42.5 Å². The van der Waals surface area contributed by atoms with Gasteiger partial charge >= 0.3 is 0 Å². The van der Waals surface area contributed by atoms with E-state index in [4.69, 9.17) is 17.4 Å². The summed E-state index contributed by atoms with van der Waals surface area (Å²) in [7, 11) is 0. The molecule has 1 fully saturated rings. The molecule has 0 spiro atoms. The number of hydrogen-bond acceptors (Lipinski definition) is 2. The summed E-state index contributed by atoms with van der Waals surface area (Å²) in [5.74, 6) is 6.56. The summed E-state index contributed by atoms with van der Waals surface area (Å²) in [4.78, 5) is 0. The van der Waals surface area contributed by atoms with Crippen LogP contribution in [0.2, 0.25) is 5.02 Å². The molecule has 2 aromatic rings. The monoisotopic (exact) mass is 300 g/mol. The fraction of sp³-hybridized carbons (Fsp3) is 0.333. The summed E-state index contributed by atoms with van der Waals surface area (Å²) in [6, 6.07) is 14.8. The van der Waals surface area contributed by atoms with Gasteiger partial charge in [-0.1, -0.05) is 48.4 Å². The fourth-order valence-corrected chi connectivity index (χ4v) is 3.26. The van der Waals surface area contributed by atoms with Crippen LogP contribution in [-0.4, -0.2) is 0 Å². The van der Waals surface area contributed by atoms with Gasteiger partial charge in [0, 0.05) is 5.02 Å². The predicted molar refractivity (Wildman–Crippen MR) is 88.4 cm³/mol. The first-order valence-electron chi connectivity index (χ1n) is 7.51. The van der Waals surface area contributed by atoms with Crippen molar-refractivity contribution in [1.29, 1.82) is 0 Å². The Hall–Kier alpha value is -1.35. The summed E-state index contributed by atoms with van der Waals surface area (Å²) in [6.45, 7) is 2.06. The normalized spacial score (nSPS) is 16.5. The zero-order valence-corrected chi connectivity index (χ0v) is 13.0. The summed E-state index contributed by atoms with van der Waals surface area (Å²) < 4.78 is 0. The van der Waals surface area contributed by atoms with Gasteiger partial charge in [-0.05, 0) is 60.1 Å². The van der Waals surface area contributed by atoms with E-state index in [0.29, 0.717) is 0 Å². The lowest BCUT2D eigenvalue weighted by Crippen LogP contribution is -2.29. The van der Waals surface area contributed by atoms with Crippen LogP contribution in [0.3, 0.4) is 0 Å². The molecule has 0 bridgehead atoms. The van der Waals surface area contributed by atoms with Gasteiger partial charge in [0.05, 0.1) is 6.04 Å². The summed E-state index contributed by atoms with van der Waals surface area (Å²) in [5, 5.41) is 0.757. The van der Waals surface area contributed by atoms with Crippen molar-refractivity contribution in [3.05, 3.63) is 69.7 Å². The maximum absolute atomic E-state index is 6.04. The second-order valence-electron chi connectivity index (χ2n) is 5.90. The zero-order chi connectivity index (χ0) is 14.8. The molecule has 3 heteroatoms. The van der Waals surface area contributed by atoms with E-state index in [1.54, 1.807) is 0 Å². The third kappa shape index (κ3) is 2.98. The highest BCUT2D eigenvalue weighted by molar-refractivity contribution is 6.30. The van der Waals surface area contributed by atoms with E-state index in [-0.39, 0.29) is 6.04 Å². The van der Waals surface area contributed by atoms with E-state index in [1.807, 2.05) is 18.2 Å². The molecule has 1 unspecified atom stereocenters. The van der Waals surface area contributed by atoms with Crippen LogP contribution in [0, 0.1) is 6.92 Å². The molecule has 0 aromatic heterocycles. The average molecular weight is 301 g/mol. The SMILES string of the molecule is Cc1cc(Cl)ccc1C(NN)c1ccc(C2CCC2)cc1. The molecule has 110 valence electrons. The molecule has 2 aromatic carbocycles. The Morgan fingerprint density at radius 3 is 2.38 bits per heavy atom. The van der Waals surface area contributed by atoms with Gasteiger partial charge in [-0.25, -0.2) is 5.43 Å². The minimum Gasteiger partial charge on any atom is -0.271 e. The van der Waals surface area contributed by atoms with Crippen LogP contribution in [0.1, 0.15) is 53.5 Å². The highest BCUT2D eigenvalue weighted by Gasteiger charge is 2.20. The largest absolute Gasteiger partial charge is 0.271 e. The van der Waals surface area contributed by atoms with Gasteiger partial charge in [0.2, 0.25) is 0 Å². The number of halogens is 1. The third-order valence-electron chi connectivity index (χ3n) is 4.56. The Morgan fingerprint density at radius 1 is 1.14 bits per heavy atom. The summed E-state index contributed by atoms with van der Waals surface area (Å²) in [5.41, 5.74) is 7.88. The Labute approximate surface area is 131 Å². The molecule has 21 heavy (non-hydrogen) atoms. The van der Waals surface area contributed by atoms with Crippen LogP contribution in [0.4, 0.5) is 0 Å². The van der Waals surface area contributed by atoms with Crippen LogP contribution < -0.4 is 11.3 Å². The first kappa shape index (κ1) is 14.6. The molecule has 0 aliphatic heterocycles. The van der Waals surface area contributed by atoms with Crippen LogP contribution >= 0.6 is 11.6 Å². The fourth-order valence-electron chi connectivity index (χ4n) is 3.03. The molecule has 2 nitrogen and oxygen atoms in total. The van der Waals surface area contributed by atoms with E-state index in [1.165, 1.54) is 36.0 Å². The Bertz CT molecular complexity index is 618. The lowest BCUT2D eigenvalue weighted by atomic mass is 9.79. The van der Waals surface area contributed by atoms with Crippen molar-refractivity contribution in [3.8, 4) is 0 Å². The standard InChI is InChI=1S/C18H21ClN2/c1-12-11-16(19)9-10-17(12)18(21-20)15-7-5-14(6-8-15)13-3-2-4-13/h5-11,13,18,21H,2-4,20H2,1H3. The second-order valence-corrected chi connectivity index (χ2v) is 6.33. The van der Waals surface area contributed by atoms with E-state index in [2.05, 4.69) is 36.6 Å². The Morgan fingerprint density at radius 2 is 1.86 bits per heavy atom. The van der Waals surface area contributed by atoms with Gasteiger partial charge in [-0.15, -0.1) is 0 Å². The van der Waals surface area contributed by atoms with Gasteiger partial charge in [0.25, 0.3) is 0 Å². The van der Waals surface area contributed by atoms with E-state index < -0.39 is 0 Å². The predicted octanol–water partition coefficient (Wildman–Crippen LogP) is 4.47. The van der Waals surface area contributed by atoms with Crippen molar-refractivity contribution in [2.45, 2.75) is 38.1 Å². The lowest BCUT2D eigenvalue weighted by molar-refractivity contribution is 0.419. The molecule has 1 saturated carbocycles. The molecule has 3 N–H and O–H groups in total. The molecule has 0 saturated heterocycles. The molecule has 1 aliphatic rings. The van der Waals surface area contributed by atoms with Crippen molar-refractivity contribution < 1.29 is 0 Å². The Kier molecular flexibility index (Phi) is 4.29. The molecule has 1 atom stereocenters. The number of rotatable bonds is 4. The van der Waals surface area contributed by atoms with Gasteiger partial charge < -0.3 is 0 Å². The van der Waals surface area contributed by atoms with Crippen molar-refractivity contribution >= 4 is 11.6 Å². The van der Waals surface area contributed by atoms with Crippen LogP contribution in [0.25, 0.3) is 0 Å².